The highest BCUT2D eigenvalue weighted by Crippen LogP contribution is 2.22. The second kappa shape index (κ2) is 12.2. The third-order valence-electron chi connectivity index (χ3n) is 5.75. The summed E-state index contributed by atoms with van der Waals surface area (Å²) in [6.07, 6.45) is 5.94. The van der Waals surface area contributed by atoms with Crippen LogP contribution in [-0.2, 0) is 16.1 Å². The molecule has 6 heteroatoms. The first-order chi connectivity index (χ1) is 15.0. The van der Waals surface area contributed by atoms with Gasteiger partial charge in [-0.3, -0.25) is 9.59 Å². The molecule has 3 rings (SSSR count). The fraction of sp³-hybridized carbons (Fsp3) is 0.440. The number of nitrogens with zero attached hydrogens (tertiary/aromatic N) is 1. The van der Waals surface area contributed by atoms with E-state index in [1.165, 1.54) is 6.42 Å². The van der Waals surface area contributed by atoms with E-state index < -0.39 is 6.04 Å². The molecule has 31 heavy (non-hydrogen) atoms. The number of carbonyl (C=O) groups excluding carboxylic acids is 2. The van der Waals surface area contributed by atoms with Crippen LogP contribution in [0.4, 0.5) is 0 Å². The average Bonchev–Trinajstić information content (AvgIpc) is 2.79. The van der Waals surface area contributed by atoms with E-state index >= 15 is 0 Å². The van der Waals surface area contributed by atoms with Crippen LogP contribution in [0.15, 0.2) is 59.5 Å². The fourth-order valence-corrected chi connectivity index (χ4v) is 4.94. The van der Waals surface area contributed by atoms with Crippen LogP contribution in [0.25, 0.3) is 0 Å². The molecule has 0 saturated heterocycles. The number of carbonyl (C=O) groups is 2. The van der Waals surface area contributed by atoms with E-state index in [0.29, 0.717) is 23.7 Å². The molecule has 2 aromatic carbocycles. The number of rotatable bonds is 9. The SMILES string of the molecule is CC(C(=O)NC1CCCCC1)N(Cc1ccccc1Cl)C(=O)CCSc1ccccc1. The second-order valence-corrected chi connectivity index (χ2v) is 9.62. The largest absolute Gasteiger partial charge is 0.352 e. The van der Waals surface area contributed by atoms with Gasteiger partial charge in [-0.2, -0.15) is 0 Å². The first-order valence-electron chi connectivity index (χ1n) is 11.1. The van der Waals surface area contributed by atoms with E-state index in [1.807, 2.05) is 61.5 Å². The summed E-state index contributed by atoms with van der Waals surface area (Å²) in [5, 5.41) is 3.78. The molecule has 4 nitrogen and oxygen atoms in total. The van der Waals surface area contributed by atoms with Gasteiger partial charge in [0.05, 0.1) is 0 Å². The molecule has 1 aliphatic rings. The van der Waals surface area contributed by atoms with Crippen molar-refractivity contribution >= 4 is 35.2 Å². The number of nitrogens with one attached hydrogen (secondary N) is 1. The van der Waals surface area contributed by atoms with E-state index in [4.69, 9.17) is 11.6 Å². The highest BCUT2D eigenvalue weighted by Gasteiger charge is 2.28. The van der Waals surface area contributed by atoms with Crippen molar-refractivity contribution in [2.24, 2.45) is 0 Å². The molecule has 1 saturated carbocycles. The van der Waals surface area contributed by atoms with Crippen LogP contribution in [-0.4, -0.2) is 34.6 Å². The minimum absolute atomic E-state index is 0.0327. The molecule has 1 unspecified atom stereocenters. The van der Waals surface area contributed by atoms with Crippen molar-refractivity contribution in [3.05, 3.63) is 65.2 Å². The first-order valence-corrected chi connectivity index (χ1v) is 12.4. The molecule has 0 spiro atoms. The minimum Gasteiger partial charge on any atom is -0.352 e. The van der Waals surface area contributed by atoms with Crippen molar-refractivity contribution < 1.29 is 9.59 Å². The monoisotopic (exact) mass is 458 g/mol. The van der Waals surface area contributed by atoms with Gasteiger partial charge in [-0.15, -0.1) is 11.8 Å². The lowest BCUT2D eigenvalue weighted by Gasteiger charge is -2.31. The van der Waals surface area contributed by atoms with Gasteiger partial charge in [0.2, 0.25) is 11.8 Å². The molecule has 0 aliphatic heterocycles. The molecule has 0 heterocycles. The molecular formula is C25H31ClN2O2S. The molecule has 0 radical (unpaired) electrons. The molecule has 0 aromatic heterocycles. The van der Waals surface area contributed by atoms with Gasteiger partial charge in [-0.1, -0.05) is 67.3 Å². The maximum Gasteiger partial charge on any atom is 0.242 e. The summed E-state index contributed by atoms with van der Waals surface area (Å²) in [6, 6.07) is 17.2. The smallest absolute Gasteiger partial charge is 0.242 e. The molecule has 2 amide bonds. The number of hydrogen-bond acceptors (Lipinski definition) is 3. The summed E-state index contributed by atoms with van der Waals surface area (Å²) in [5.74, 6) is 0.552. The summed E-state index contributed by atoms with van der Waals surface area (Å²) in [6.45, 7) is 2.14. The number of hydrogen-bond donors (Lipinski definition) is 1. The zero-order valence-electron chi connectivity index (χ0n) is 18.1. The van der Waals surface area contributed by atoms with E-state index in [-0.39, 0.29) is 17.9 Å². The summed E-state index contributed by atoms with van der Waals surface area (Å²) < 4.78 is 0. The molecule has 1 N–H and O–H groups in total. The van der Waals surface area contributed by atoms with Gasteiger partial charge in [-0.05, 0) is 43.5 Å². The fourth-order valence-electron chi connectivity index (χ4n) is 3.88. The predicted molar refractivity (Wildman–Crippen MR) is 128 cm³/mol. The van der Waals surface area contributed by atoms with E-state index in [1.54, 1.807) is 16.7 Å². The molecule has 166 valence electrons. The molecule has 1 aliphatic carbocycles. The standard InChI is InChI=1S/C25H31ClN2O2S/c1-19(25(30)27-21-11-4-2-5-12-21)28(18-20-10-8-9-15-23(20)26)24(29)16-17-31-22-13-6-3-7-14-22/h3,6-10,13-15,19,21H,2,4-5,11-12,16-18H2,1H3,(H,27,30). The normalized spacial score (nSPS) is 15.3. The Morgan fingerprint density at radius 1 is 1.06 bits per heavy atom. The zero-order valence-corrected chi connectivity index (χ0v) is 19.6. The van der Waals surface area contributed by atoms with Crippen LogP contribution in [0.2, 0.25) is 5.02 Å². The number of thioether (sulfide) groups is 1. The lowest BCUT2D eigenvalue weighted by atomic mass is 9.95. The van der Waals surface area contributed by atoms with Gasteiger partial charge in [0.1, 0.15) is 6.04 Å². The van der Waals surface area contributed by atoms with Gasteiger partial charge in [0, 0.05) is 34.7 Å². The van der Waals surface area contributed by atoms with Crippen molar-refractivity contribution in [2.45, 2.75) is 69.0 Å². The van der Waals surface area contributed by atoms with Crippen molar-refractivity contribution in [1.29, 1.82) is 0 Å². The Bertz CT molecular complexity index is 856. The van der Waals surface area contributed by atoms with Gasteiger partial charge in [0.25, 0.3) is 0 Å². The van der Waals surface area contributed by atoms with Crippen molar-refractivity contribution in [1.82, 2.24) is 10.2 Å². The maximum atomic E-state index is 13.2. The number of amides is 2. The Balaban J connectivity index is 1.66. The Morgan fingerprint density at radius 2 is 1.74 bits per heavy atom. The van der Waals surface area contributed by atoms with Crippen molar-refractivity contribution in [3.8, 4) is 0 Å². The predicted octanol–water partition coefficient (Wildman–Crippen LogP) is 5.69. The number of benzene rings is 2. The third kappa shape index (κ3) is 7.29. The summed E-state index contributed by atoms with van der Waals surface area (Å²) in [5.41, 5.74) is 0.852. The lowest BCUT2D eigenvalue weighted by molar-refractivity contribution is -0.140. The number of halogens is 1. The first kappa shape index (κ1) is 23.7. The quantitative estimate of drug-likeness (QED) is 0.491. The minimum atomic E-state index is -0.549. The average molecular weight is 459 g/mol. The Morgan fingerprint density at radius 3 is 2.45 bits per heavy atom. The topological polar surface area (TPSA) is 49.4 Å². The molecule has 1 atom stereocenters. The van der Waals surface area contributed by atoms with Crippen LogP contribution >= 0.6 is 23.4 Å². The van der Waals surface area contributed by atoms with Gasteiger partial charge in [0.15, 0.2) is 0 Å². The summed E-state index contributed by atoms with van der Waals surface area (Å²) >= 11 is 8.00. The summed E-state index contributed by atoms with van der Waals surface area (Å²) in [7, 11) is 0. The highest BCUT2D eigenvalue weighted by atomic mass is 35.5. The van der Waals surface area contributed by atoms with E-state index in [9.17, 15) is 9.59 Å². The Kier molecular flexibility index (Phi) is 9.29. The highest BCUT2D eigenvalue weighted by molar-refractivity contribution is 7.99. The Hall–Kier alpha value is -1.98. The van der Waals surface area contributed by atoms with Crippen LogP contribution in [0.3, 0.4) is 0 Å². The molecule has 0 bridgehead atoms. The molecular weight excluding hydrogens is 428 g/mol. The van der Waals surface area contributed by atoms with Crippen LogP contribution in [0.5, 0.6) is 0 Å². The van der Waals surface area contributed by atoms with Crippen LogP contribution in [0.1, 0.15) is 51.0 Å². The van der Waals surface area contributed by atoms with Crippen molar-refractivity contribution in [3.63, 3.8) is 0 Å². The van der Waals surface area contributed by atoms with E-state index in [2.05, 4.69) is 5.32 Å². The van der Waals surface area contributed by atoms with Gasteiger partial charge < -0.3 is 10.2 Å². The van der Waals surface area contributed by atoms with Crippen LogP contribution in [0, 0.1) is 0 Å². The molecule has 1 fully saturated rings. The zero-order chi connectivity index (χ0) is 22.1. The lowest BCUT2D eigenvalue weighted by Crippen LogP contribution is -2.50. The summed E-state index contributed by atoms with van der Waals surface area (Å²) in [4.78, 5) is 29.0. The van der Waals surface area contributed by atoms with Crippen molar-refractivity contribution in [2.75, 3.05) is 5.75 Å². The molecule has 2 aromatic rings. The Labute approximate surface area is 194 Å². The maximum absolute atomic E-state index is 13.2. The third-order valence-corrected chi connectivity index (χ3v) is 7.13. The van der Waals surface area contributed by atoms with E-state index in [0.717, 1.165) is 36.1 Å². The van der Waals surface area contributed by atoms with Crippen LogP contribution < -0.4 is 5.32 Å². The van der Waals surface area contributed by atoms with Gasteiger partial charge in [-0.25, -0.2) is 0 Å². The van der Waals surface area contributed by atoms with Gasteiger partial charge >= 0.3 is 0 Å². The second-order valence-electron chi connectivity index (χ2n) is 8.04.